The van der Waals surface area contributed by atoms with Crippen molar-refractivity contribution in [2.75, 3.05) is 17.2 Å². The second kappa shape index (κ2) is 6.18. The molecule has 1 heterocycles. The highest BCUT2D eigenvalue weighted by molar-refractivity contribution is 5.42. The third-order valence-corrected chi connectivity index (χ3v) is 2.93. The van der Waals surface area contributed by atoms with Crippen LogP contribution in [0.15, 0.2) is 36.5 Å². The molecule has 100 valence electrons. The fourth-order valence-corrected chi connectivity index (χ4v) is 1.84. The van der Waals surface area contributed by atoms with Crippen molar-refractivity contribution < 1.29 is 0 Å². The first-order valence-electron chi connectivity index (χ1n) is 6.59. The summed E-state index contributed by atoms with van der Waals surface area (Å²) >= 11 is 0. The van der Waals surface area contributed by atoms with Gasteiger partial charge in [0, 0.05) is 18.8 Å². The minimum Gasteiger partial charge on any atom is -0.363 e. The highest BCUT2D eigenvalue weighted by Crippen LogP contribution is 2.18. The van der Waals surface area contributed by atoms with Gasteiger partial charge in [-0.1, -0.05) is 29.8 Å². The Balaban J connectivity index is 2.07. The summed E-state index contributed by atoms with van der Waals surface area (Å²) in [4.78, 5) is 8.57. The van der Waals surface area contributed by atoms with Gasteiger partial charge in [-0.25, -0.2) is 4.98 Å². The molecule has 1 unspecified atom stereocenters. The van der Waals surface area contributed by atoms with Crippen molar-refractivity contribution in [2.45, 2.75) is 26.8 Å². The van der Waals surface area contributed by atoms with Crippen molar-refractivity contribution in [3.63, 3.8) is 0 Å². The van der Waals surface area contributed by atoms with Crippen molar-refractivity contribution in [1.82, 2.24) is 9.97 Å². The molecule has 4 heteroatoms. The summed E-state index contributed by atoms with van der Waals surface area (Å²) in [5.74, 6) is 1.49. The molecule has 1 aromatic carbocycles. The van der Waals surface area contributed by atoms with E-state index in [1.54, 1.807) is 6.20 Å². The molecule has 0 aliphatic heterocycles. The Morgan fingerprint density at radius 2 is 1.89 bits per heavy atom. The summed E-state index contributed by atoms with van der Waals surface area (Å²) in [6.45, 7) is 7.06. The lowest BCUT2D eigenvalue weighted by molar-refractivity contribution is 0.871. The number of rotatable bonds is 5. The van der Waals surface area contributed by atoms with E-state index in [2.05, 4.69) is 58.7 Å². The minimum absolute atomic E-state index is 0.213. The first-order chi connectivity index (χ1) is 9.19. The molecule has 0 saturated heterocycles. The Hall–Kier alpha value is -2.10. The zero-order chi connectivity index (χ0) is 13.7. The van der Waals surface area contributed by atoms with E-state index in [1.165, 1.54) is 11.1 Å². The van der Waals surface area contributed by atoms with E-state index in [9.17, 15) is 0 Å². The molecule has 0 aliphatic rings. The fourth-order valence-electron chi connectivity index (χ4n) is 1.84. The van der Waals surface area contributed by atoms with Gasteiger partial charge in [0.05, 0.1) is 0 Å². The van der Waals surface area contributed by atoms with E-state index in [1.807, 2.05) is 13.0 Å². The topological polar surface area (TPSA) is 49.8 Å². The van der Waals surface area contributed by atoms with Crippen LogP contribution in [0.4, 0.5) is 11.8 Å². The molecular formula is C15H20N4. The van der Waals surface area contributed by atoms with Gasteiger partial charge in [-0.2, -0.15) is 4.98 Å². The number of hydrogen-bond acceptors (Lipinski definition) is 4. The molecule has 0 aliphatic carbocycles. The van der Waals surface area contributed by atoms with E-state index in [0.717, 1.165) is 12.4 Å². The number of aryl methyl sites for hydroxylation is 1. The maximum atomic E-state index is 4.41. The standard InChI is InChI=1S/C15H20N4/c1-4-16-15-17-10-9-14(19-15)18-12(3)13-7-5-11(2)6-8-13/h5-10,12H,4H2,1-3H3,(H2,16,17,18,19). The fraction of sp³-hybridized carbons (Fsp3) is 0.333. The average Bonchev–Trinajstić information content (AvgIpc) is 2.40. The molecule has 0 fully saturated rings. The molecular weight excluding hydrogens is 236 g/mol. The molecule has 0 spiro atoms. The number of anilines is 2. The van der Waals surface area contributed by atoms with Crippen molar-refractivity contribution >= 4 is 11.8 Å². The van der Waals surface area contributed by atoms with Crippen LogP contribution < -0.4 is 10.6 Å². The van der Waals surface area contributed by atoms with Gasteiger partial charge in [0.25, 0.3) is 0 Å². The van der Waals surface area contributed by atoms with E-state index in [4.69, 9.17) is 0 Å². The first kappa shape index (κ1) is 13.3. The summed E-state index contributed by atoms with van der Waals surface area (Å²) < 4.78 is 0. The van der Waals surface area contributed by atoms with Crippen LogP contribution in [0.3, 0.4) is 0 Å². The lowest BCUT2D eigenvalue weighted by Crippen LogP contribution is -2.10. The summed E-state index contributed by atoms with van der Waals surface area (Å²) in [5.41, 5.74) is 2.52. The maximum Gasteiger partial charge on any atom is 0.224 e. The second-order valence-electron chi connectivity index (χ2n) is 4.57. The molecule has 0 saturated carbocycles. The maximum absolute atomic E-state index is 4.41. The highest BCUT2D eigenvalue weighted by Gasteiger charge is 2.06. The molecule has 2 N–H and O–H groups in total. The number of aromatic nitrogens is 2. The van der Waals surface area contributed by atoms with Crippen LogP contribution in [-0.2, 0) is 0 Å². The van der Waals surface area contributed by atoms with Gasteiger partial charge in [0.2, 0.25) is 5.95 Å². The third-order valence-electron chi connectivity index (χ3n) is 2.93. The molecule has 1 aromatic heterocycles. The SMILES string of the molecule is CCNc1nccc(NC(C)c2ccc(C)cc2)n1. The monoisotopic (exact) mass is 256 g/mol. The summed E-state index contributed by atoms with van der Waals surface area (Å²) in [7, 11) is 0. The predicted molar refractivity (Wildman–Crippen MR) is 79.4 cm³/mol. The van der Waals surface area contributed by atoms with Crippen LogP contribution in [-0.4, -0.2) is 16.5 Å². The van der Waals surface area contributed by atoms with E-state index in [0.29, 0.717) is 5.95 Å². The molecule has 2 aromatic rings. The molecule has 19 heavy (non-hydrogen) atoms. The Bertz CT molecular complexity index is 522. The number of benzene rings is 1. The lowest BCUT2D eigenvalue weighted by atomic mass is 10.1. The Morgan fingerprint density at radius 3 is 2.58 bits per heavy atom. The van der Waals surface area contributed by atoms with Crippen LogP contribution >= 0.6 is 0 Å². The van der Waals surface area contributed by atoms with Crippen LogP contribution in [0, 0.1) is 6.92 Å². The molecule has 1 atom stereocenters. The van der Waals surface area contributed by atoms with Gasteiger partial charge < -0.3 is 10.6 Å². The first-order valence-corrected chi connectivity index (χ1v) is 6.59. The zero-order valence-corrected chi connectivity index (χ0v) is 11.6. The number of nitrogens with zero attached hydrogens (tertiary/aromatic N) is 2. The third kappa shape index (κ3) is 3.68. The number of nitrogens with one attached hydrogen (secondary N) is 2. The summed E-state index contributed by atoms with van der Waals surface area (Å²) in [6.07, 6.45) is 1.76. The normalized spacial score (nSPS) is 11.9. The number of hydrogen-bond donors (Lipinski definition) is 2. The molecule has 0 radical (unpaired) electrons. The van der Waals surface area contributed by atoms with Gasteiger partial charge in [-0.15, -0.1) is 0 Å². The van der Waals surface area contributed by atoms with Gasteiger partial charge >= 0.3 is 0 Å². The van der Waals surface area contributed by atoms with E-state index < -0.39 is 0 Å². The molecule has 4 nitrogen and oxygen atoms in total. The van der Waals surface area contributed by atoms with Gasteiger partial charge in [-0.3, -0.25) is 0 Å². The largest absolute Gasteiger partial charge is 0.363 e. The molecule has 2 rings (SSSR count). The van der Waals surface area contributed by atoms with Crippen molar-refractivity contribution in [3.05, 3.63) is 47.7 Å². The van der Waals surface area contributed by atoms with E-state index in [-0.39, 0.29) is 6.04 Å². The summed E-state index contributed by atoms with van der Waals surface area (Å²) in [6, 6.07) is 10.6. The van der Waals surface area contributed by atoms with Crippen molar-refractivity contribution in [1.29, 1.82) is 0 Å². The Morgan fingerprint density at radius 1 is 1.16 bits per heavy atom. The van der Waals surface area contributed by atoms with Crippen molar-refractivity contribution in [2.24, 2.45) is 0 Å². The van der Waals surface area contributed by atoms with Gasteiger partial charge in [0.1, 0.15) is 5.82 Å². The highest BCUT2D eigenvalue weighted by atomic mass is 15.1. The lowest BCUT2D eigenvalue weighted by Gasteiger charge is -2.15. The van der Waals surface area contributed by atoms with Gasteiger partial charge in [0.15, 0.2) is 0 Å². The quantitative estimate of drug-likeness (QED) is 0.861. The Kier molecular flexibility index (Phi) is 4.34. The van der Waals surface area contributed by atoms with Crippen LogP contribution in [0.25, 0.3) is 0 Å². The Labute approximate surface area is 114 Å². The van der Waals surface area contributed by atoms with Crippen LogP contribution in [0.1, 0.15) is 31.0 Å². The van der Waals surface area contributed by atoms with Crippen LogP contribution in [0.2, 0.25) is 0 Å². The second-order valence-corrected chi connectivity index (χ2v) is 4.57. The van der Waals surface area contributed by atoms with E-state index >= 15 is 0 Å². The predicted octanol–water partition coefficient (Wildman–Crippen LogP) is 3.39. The van der Waals surface area contributed by atoms with Gasteiger partial charge in [-0.05, 0) is 32.4 Å². The van der Waals surface area contributed by atoms with Crippen LogP contribution in [0.5, 0.6) is 0 Å². The summed E-state index contributed by atoms with van der Waals surface area (Å²) in [5, 5.41) is 6.49. The molecule has 0 amide bonds. The average molecular weight is 256 g/mol. The molecule has 0 bridgehead atoms. The smallest absolute Gasteiger partial charge is 0.224 e. The zero-order valence-electron chi connectivity index (χ0n) is 11.6. The van der Waals surface area contributed by atoms with Crippen molar-refractivity contribution in [3.8, 4) is 0 Å². The minimum atomic E-state index is 0.213.